The number of benzene rings is 2. The second-order valence-corrected chi connectivity index (χ2v) is 7.71. The molecule has 0 aliphatic carbocycles. The van der Waals surface area contributed by atoms with Gasteiger partial charge in [0.1, 0.15) is 5.75 Å². The number of amides is 2. The molecule has 0 bridgehead atoms. The molecule has 0 atom stereocenters. The molecule has 0 aliphatic rings. The zero-order chi connectivity index (χ0) is 21.4. The molecule has 2 amide bonds. The smallest absolute Gasteiger partial charge is 0.269 e. The molecule has 2 aromatic rings. The number of ketones is 1. The molecule has 29 heavy (non-hydrogen) atoms. The fraction of sp³-hybridized carbons (Fsp3) is 0.348. The van der Waals surface area contributed by atoms with Crippen LogP contribution in [0.5, 0.6) is 5.75 Å². The second-order valence-electron chi connectivity index (χ2n) is 7.71. The molecule has 0 spiro atoms. The van der Waals surface area contributed by atoms with Gasteiger partial charge in [0, 0.05) is 24.0 Å². The first kappa shape index (κ1) is 22.1. The largest absolute Gasteiger partial charge is 0.494 e. The molecule has 6 nitrogen and oxygen atoms in total. The molecule has 0 saturated heterocycles. The fourth-order valence-corrected chi connectivity index (χ4v) is 2.66. The highest BCUT2D eigenvalue weighted by atomic mass is 16.5. The topological polar surface area (TPSA) is 84.5 Å². The van der Waals surface area contributed by atoms with Gasteiger partial charge in [0.05, 0.1) is 6.61 Å². The number of ether oxygens (including phenoxy) is 1. The molecule has 0 saturated carbocycles. The zero-order valence-corrected chi connectivity index (χ0v) is 17.4. The molecule has 0 aromatic heterocycles. The van der Waals surface area contributed by atoms with Gasteiger partial charge in [-0.05, 0) is 54.3 Å². The summed E-state index contributed by atoms with van der Waals surface area (Å²) in [4.78, 5) is 36.3. The standard InChI is InChI=1S/C23H28N2O4/c1-5-29-19-12-8-16(9-13-19)20(26)14-15-21(27)24-25-22(28)17-6-10-18(11-7-17)23(2,3)4/h6-13H,5,14-15H2,1-4H3,(H,24,27)(H,25,28). The monoisotopic (exact) mass is 396 g/mol. The number of hydrazine groups is 1. The SMILES string of the molecule is CCOc1ccc(C(=O)CCC(=O)NNC(=O)c2ccc(C(C)(C)C)cc2)cc1. The van der Waals surface area contributed by atoms with E-state index in [1.54, 1.807) is 36.4 Å². The van der Waals surface area contributed by atoms with Crippen LogP contribution >= 0.6 is 0 Å². The van der Waals surface area contributed by atoms with Crippen LogP contribution in [0.25, 0.3) is 0 Å². The number of carbonyl (C=O) groups excluding carboxylic acids is 3. The minimum absolute atomic E-state index is 0.000887. The number of hydrogen-bond acceptors (Lipinski definition) is 4. The number of hydrogen-bond donors (Lipinski definition) is 2. The van der Waals surface area contributed by atoms with E-state index in [-0.39, 0.29) is 24.0 Å². The van der Waals surface area contributed by atoms with Crippen molar-refractivity contribution in [3.8, 4) is 5.75 Å². The Kier molecular flexibility index (Phi) is 7.53. The molecule has 0 aliphatic heterocycles. The predicted octanol–water partition coefficient (Wildman–Crippen LogP) is 3.81. The van der Waals surface area contributed by atoms with Crippen molar-refractivity contribution in [3.05, 3.63) is 65.2 Å². The van der Waals surface area contributed by atoms with Crippen LogP contribution < -0.4 is 15.6 Å². The number of Topliss-reactive ketones (excluding diaryl/α,β-unsaturated/α-hetero) is 1. The first-order valence-electron chi connectivity index (χ1n) is 9.66. The summed E-state index contributed by atoms with van der Waals surface area (Å²) in [6.07, 6.45) is 0.0330. The molecule has 154 valence electrons. The zero-order valence-electron chi connectivity index (χ0n) is 17.4. The normalized spacial score (nSPS) is 10.9. The lowest BCUT2D eigenvalue weighted by Gasteiger charge is -2.19. The Balaban J connectivity index is 1.79. The summed E-state index contributed by atoms with van der Waals surface area (Å²) in [6, 6.07) is 14.0. The molecule has 2 N–H and O–H groups in total. The van der Waals surface area contributed by atoms with Gasteiger partial charge in [-0.3, -0.25) is 25.2 Å². The average molecular weight is 396 g/mol. The van der Waals surface area contributed by atoms with Gasteiger partial charge in [-0.1, -0.05) is 32.9 Å². The van der Waals surface area contributed by atoms with Crippen molar-refractivity contribution >= 4 is 17.6 Å². The van der Waals surface area contributed by atoms with E-state index in [1.807, 2.05) is 19.1 Å². The van der Waals surface area contributed by atoms with Crippen LogP contribution in [0.3, 0.4) is 0 Å². The lowest BCUT2D eigenvalue weighted by molar-refractivity contribution is -0.121. The summed E-state index contributed by atoms with van der Waals surface area (Å²) in [5.41, 5.74) is 6.80. The minimum atomic E-state index is -0.427. The number of rotatable bonds is 7. The van der Waals surface area contributed by atoms with E-state index in [4.69, 9.17) is 4.74 Å². The van der Waals surface area contributed by atoms with Crippen LogP contribution in [-0.4, -0.2) is 24.2 Å². The van der Waals surface area contributed by atoms with Crippen LogP contribution in [0.4, 0.5) is 0 Å². The summed E-state index contributed by atoms with van der Waals surface area (Å²) in [7, 11) is 0. The van der Waals surface area contributed by atoms with Crippen molar-refractivity contribution in [3.63, 3.8) is 0 Å². The Labute approximate surface area is 171 Å². The van der Waals surface area contributed by atoms with Crippen molar-refractivity contribution < 1.29 is 19.1 Å². The fourth-order valence-electron chi connectivity index (χ4n) is 2.66. The van der Waals surface area contributed by atoms with Crippen molar-refractivity contribution in [1.29, 1.82) is 0 Å². The summed E-state index contributed by atoms with van der Waals surface area (Å²) < 4.78 is 5.34. The van der Waals surface area contributed by atoms with Gasteiger partial charge in [-0.15, -0.1) is 0 Å². The van der Waals surface area contributed by atoms with Crippen LogP contribution in [0.15, 0.2) is 48.5 Å². The Hall–Kier alpha value is -3.15. The van der Waals surface area contributed by atoms with Crippen LogP contribution in [0.2, 0.25) is 0 Å². The van der Waals surface area contributed by atoms with Gasteiger partial charge in [0.2, 0.25) is 5.91 Å². The van der Waals surface area contributed by atoms with E-state index >= 15 is 0 Å². The van der Waals surface area contributed by atoms with Crippen molar-refractivity contribution in [2.75, 3.05) is 6.61 Å². The molecule has 6 heteroatoms. The molecule has 0 radical (unpaired) electrons. The molecule has 2 aromatic carbocycles. The van der Waals surface area contributed by atoms with E-state index in [2.05, 4.69) is 31.6 Å². The quantitative estimate of drug-likeness (QED) is 0.551. The van der Waals surface area contributed by atoms with Gasteiger partial charge in [0.15, 0.2) is 5.78 Å². The Bertz CT molecular complexity index is 850. The lowest BCUT2D eigenvalue weighted by atomic mass is 9.87. The molecular formula is C23H28N2O4. The van der Waals surface area contributed by atoms with Crippen LogP contribution in [-0.2, 0) is 10.2 Å². The van der Waals surface area contributed by atoms with Gasteiger partial charge >= 0.3 is 0 Å². The van der Waals surface area contributed by atoms with Crippen LogP contribution in [0, 0.1) is 0 Å². The predicted molar refractivity (Wildman–Crippen MR) is 112 cm³/mol. The van der Waals surface area contributed by atoms with Crippen LogP contribution in [0.1, 0.15) is 66.8 Å². The maximum Gasteiger partial charge on any atom is 0.269 e. The maximum atomic E-state index is 12.2. The van der Waals surface area contributed by atoms with Gasteiger partial charge in [0.25, 0.3) is 5.91 Å². The highest BCUT2D eigenvalue weighted by Gasteiger charge is 2.15. The highest BCUT2D eigenvalue weighted by molar-refractivity contribution is 5.99. The molecule has 0 unspecified atom stereocenters. The molecule has 0 heterocycles. The Morgan fingerprint density at radius 2 is 1.41 bits per heavy atom. The highest BCUT2D eigenvalue weighted by Crippen LogP contribution is 2.22. The summed E-state index contributed by atoms with van der Waals surface area (Å²) in [5.74, 6) is -0.284. The van der Waals surface area contributed by atoms with Gasteiger partial charge in [-0.25, -0.2) is 0 Å². The minimum Gasteiger partial charge on any atom is -0.494 e. The maximum absolute atomic E-state index is 12.2. The Morgan fingerprint density at radius 1 is 0.828 bits per heavy atom. The third-order valence-electron chi connectivity index (χ3n) is 4.39. The van der Waals surface area contributed by atoms with Crippen molar-refractivity contribution in [2.45, 2.75) is 46.0 Å². The van der Waals surface area contributed by atoms with Crippen molar-refractivity contribution in [1.82, 2.24) is 10.9 Å². The van der Waals surface area contributed by atoms with Gasteiger partial charge in [-0.2, -0.15) is 0 Å². The third kappa shape index (κ3) is 6.75. The summed E-state index contributed by atoms with van der Waals surface area (Å²) in [6.45, 7) is 8.72. The van der Waals surface area contributed by atoms with E-state index in [0.717, 1.165) is 5.56 Å². The number of nitrogens with one attached hydrogen (secondary N) is 2. The number of carbonyl (C=O) groups is 3. The first-order valence-corrected chi connectivity index (χ1v) is 9.66. The van der Waals surface area contributed by atoms with E-state index in [1.165, 1.54) is 0 Å². The third-order valence-corrected chi connectivity index (χ3v) is 4.39. The molecule has 0 fully saturated rings. The summed E-state index contributed by atoms with van der Waals surface area (Å²) in [5, 5.41) is 0. The summed E-state index contributed by atoms with van der Waals surface area (Å²) >= 11 is 0. The molecular weight excluding hydrogens is 368 g/mol. The lowest BCUT2D eigenvalue weighted by Crippen LogP contribution is -2.41. The Morgan fingerprint density at radius 3 is 1.97 bits per heavy atom. The molecule has 2 rings (SSSR count). The van der Waals surface area contributed by atoms with E-state index in [9.17, 15) is 14.4 Å². The van der Waals surface area contributed by atoms with Gasteiger partial charge < -0.3 is 4.74 Å². The average Bonchev–Trinajstić information content (AvgIpc) is 2.70. The van der Waals surface area contributed by atoms with Crippen molar-refractivity contribution in [2.24, 2.45) is 0 Å². The second kappa shape index (κ2) is 9.87. The first-order chi connectivity index (χ1) is 13.7. The van der Waals surface area contributed by atoms with E-state index in [0.29, 0.717) is 23.5 Å². The van der Waals surface area contributed by atoms with E-state index < -0.39 is 11.8 Å².